The van der Waals surface area contributed by atoms with Gasteiger partial charge in [-0.2, -0.15) is 0 Å². The van der Waals surface area contributed by atoms with Crippen molar-refractivity contribution in [2.45, 2.75) is 13.8 Å². The van der Waals surface area contributed by atoms with Crippen LogP contribution < -0.4 is 0 Å². The highest BCUT2D eigenvalue weighted by Gasteiger charge is 2.20. The molecule has 3 rings (SSSR count). The molecular weight excluding hydrogens is 264 g/mol. The minimum atomic E-state index is -0.320. The highest BCUT2D eigenvalue weighted by Crippen LogP contribution is 2.27. The van der Waals surface area contributed by atoms with Crippen LogP contribution in [0.5, 0.6) is 0 Å². The van der Waals surface area contributed by atoms with Crippen LogP contribution in [0.25, 0.3) is 16.9 Å². The average Bonchev–Trinajstić information content (AvgIpc) is 2.87. The van der Waals surface area contributed by atoms with Crippen LogP contribution in [0.3, 0.4) is 0 Å². The molecule has 0 aliphatic carbocycles. The van der Waals surface area contributed by atoms with Crippen molar-refractivity contribution in [2.75, 3.05) is 6.61 Å². The molecule has 4 heteroatoms. The van der Waals surface area contributed by atoms with Gasteiger partial charge in [0.25, 0.3) is 0 Å². The van der Waals surface area contributed by atoms with E-state index in [1.54, 1.807) is 13.1 Å². The van der Waals surface area contributed by atoms with E-state index in [9.17, 15) is 4.79 Å². The van der Waals surface area contributed by atoms with Gasteiger partial charge in [0.2, 0.25) is 0 Å². The summed E-state index contributed by atoms with van der Waals surface area (Å²) >= 11 is 0. The maximum absolute atomic E-state index is 12.2. The first kappa shape index (κ1) is 13.4. The monoisotopic (exact) mass is 280 g/mol. The second-order valence-electron chi connectivity index (χ2n) is 4.84. The maximum Gasteiger partial charge on any atom is 0.340 e. The molecule has 0 radical (unpaired) electrons. The van der Waals surface area contributed by atoms with E-state index in [1.807, 2.05) is 53.9 Å². The Morgan fingerprint density at radius 1 is 1.29 bits per heavy atom. The standard InChI is InChI=1S/C17H16N2O2/c1-3-21-17(20)14-11-13-10-12(2)7-9-19(13)16(14)15-6-4-5-8-18-15/h4-11H,3H2,1-2H3. The molecule has 3 aromatic heterocycles. The molecule has 0 saturated heterocycles. The van der Waals surface area contributed by atoms with Crippen LogP contribution in [0.15, 0.2) is 48.8 Å². The van der Waals surface area contributed by atoms with E-state index in [0.29, 0.717) is 12.2 Å². The number of hydrogen-bond acceptors (Lipinski definition) is 3. The summed E-state index contributed by atoms with van der Waals surface area (Å²) in [6.45, 7) is 4.18. The third kappa shape index (κ3) is 2.40. The molecule has 0 unspecified atom stereocenters. The lowest BCUT2D eigenvalue weighted by atomic mass is 10.2. The molecule has 0 aliphatic rings. The summed E-state index contributed by atoms with van der Waals surface area (Å²) < 4.78 is 7.14. The molecule has 0 amide bonds. The average molecular weight is 280 g/mol. The molecule has 0 bridgehead atoms. The molecule has 106 valence electrons. The SMILES string of the molecule is CCOC(=O)c1cc2cc(C)ccn2c1-c1ccccn1. The molecule has 0 N–H and O–H groups in total. The number of esters is 1. The Bertz CT molecular complexity index is 791. The van der Waals surface area contributed by atoms with Gasteiger partial charge in [0.1, 0.15) is 0 Å². The highest BCUT2D eigenvalue weighted by molar-refractivity contribution is 5.98. The Labute approximate surface area is 123 Å². The first-order chi connectivity index (χ1) is 10.2. The number of nitrogens with zero attached hydrogens (tertiary/aromatic N) is 2. The van der Waals surface area contributed by atoms with Crippen molar-refractivity contribution in [1.82, 2.24) is 9.38 Å². The lowest BCUT2D eigenvalue weighted by molar-refractivity contribution is 0.0527. The van der Waals surface area contributed by atoms with Crippen molar-refractivity contribution in [2.24, 2.45) is 0 Å². The third-order valence-electron chi connectivity index (χ3n) is 3.33. The first-order valence-corrected chi connectivity index (χ1v) is 6.91. The molecule has 0 spiro atoms. The van der Waals surface area contributed by atoms with Gasteiger partial charge in [-0.3, -0.25) is 4.98 Å². The summed E-state index contributed by atoms with van der Waals surface area (Å²) in [5.41, 5.74) is 4.16. The summed E-state index contributed by atoms with van der Waals surface area (Å²) in [4.78, 5) is 16.6. The smallest absolute Gasteiger partial charge is 0.340 e. The molecule has 0 aromatic carbocycles. The Morgan fingerprint density at radius 3 is 2.86 bits per heavy atom. The second kappa shape index (κ2) is 5.40. The van der Waals surface area contributed by atoms with Crippen LogP contribution in [0.1, 0.15) is 22.8 Å². The maximum atomic E-state index is 12.2. The number of ether oxygens (including phenoxy) is 1. The molecule has 21 heavy (non-hydrogen) atoms. The minimum Gasteiger partial charge on any atom is -0.462 e. The largest absolute Gasteiger partial charge is 0.462 e. The number of rotatable bonds is 3. The van der Waals surface area contributed by atoms with E-state index in [-0.39, 0.29) is 5.97 Å². The molecular formula is C17H16N2O2. The van der Waals surface area contributed by atoms with E-state index in [2.05, 4.69) is 4.98 Å². The van der Waals surface area contributed by atoms with Crippen LogP contribution >= 0.6 is 0 Å². The molecule has 0 aliphatic heterocycles. The van der Waals surface area contributed by atoms with Crippen molar-refractivity contribution < 1.29 is 9.53 Å². The van der Waals surface area contributed by atoms with Crippen molar-refractivity contribution in [3.8, 4) is 11.4 Å². The minimum absolute atomic E-state index is 0.320. The number of pyridine rings is 2. The van der Waals surface area contributed by atoms with Crippen molar-refractivity contribution >= 4 is 11.5 Å². The lowest BCUT2D eigenvalue weighted by Crippen LogP contribution is -2.06. The Kier molecular flexibility index (Phi) is 3.44. The zero-order valence-electron chi connectivity index (χ0n) is 12.0. The normalized spacial score (nSPS) is 10.8. The van der Waals surface area contributed by atoms with E-state index >= 15 is 0 Å². The molecule has 4 nitrogen and oxygen atoms in total. The Hall–Kier alpha value is -2.62. The van der Waals surface area contributed by atoms with Gasteiger partial charge in [0.05, 0.1) is 23.6 Å². The third-order valence-corrected chi connectivity index (χ3v) is 3.33. The fourth-order valence-corrected chi connectivity index (χ4v) is 2.42. The number of carbonyl (C=O) groups excluding carboxylic acids is 1. The number of aromatic nitrogens is 2. The zero-order valence-corrected chi connectivity index (χ0v) is 12.0. The van der Waals surface area contributed by atoms with Gasteiger partial charge in [-0.05, 0) is 49.7 Å². The molecule has 0 fully saturated rings. The van der Waals surface area contributed by atoms with Crippen LogP contribution in [-0.4, -0.2) is 22.0 Å². The second-order valence-corrected chi connectivity index (χ2v) is 4.84. The van der Waals surface area contributed by atoms with Crippen LogP contribution in [0.2, 0.25) is 0 Å². The summed E-state index contributed by atoms with van der Waals surface area (Å²) in [6, 6.07) is 11.6. The van der Waals surface area contributed by atoms with Gasteiger partial charge in [0, 0.05) is 17.9 Å². The predicted octanol–water partition coefficient (Wildman–Crippen LogP) is 3.49. The van der Waals surface area contributed by atoms with Crippen molar-refractivity contribution in [1.29, 1.82) is 0 Å². The fourth-order valence-electron chi connectivity index (χ4n) is 2.42. The Balaban J connectivity index is 2.28. The van der Waals surface area contributed by atoms with Gasteiger partial charge < -0.3 is 9.14 Å². The van der Waals surface area contributed by atoms with E-state index in [1.165, 1.54) is 0 Å². The molecule has 3 heterocycles. The van der Waals surface area contributed by atoms with Crippen molar-refractivity contribution in [3.63, 3.8) is 0 Å². The summed E-state index contributed by atoms with van der Waals surface area (Å²) in [6.07, 6.45) is 3.68. The van der Waals surface area contributed by atoms with Gasteiger partial charge >= 0.3 is 5.97 Å². The van der Waals surface area contributed by atoms with Crippen LogP contribution in [0.4, 0.5) is 0 Å². The van der Waals surface area contributed by atoms with Gasteiger partial charge in [-0.15, -0.1) is 0 Å². The highest BCUT2D eigenvalue weighted by atomic mass is 16.5. The van der Waals surface area contributed by atoms with E-state index < -0.39 is 0 Å². The number of carbonyl (C=O) groups is 1. The van der Waals surface area contributed by atoms with Gasteiger partial charge in [-0.25, -0.2) is 4.79 Å². The molecule has 0 saturated carbocycles. The quantitative estimate of drug-likeness (QED) is 0.690. The summed E-state index contributed by atoms with van der Waals surface area (Å²) in [7, 11) is 0. The molecule has 0 atom stereocenters. The van der Waals surface area contributed by atoms with Crippen molar-refractivity contribution in [3.05, 3.63) is 59.9 Å². The predicted molar refractivity (Wildman–Crippen MR) is 81.3 cm³/mol. The number of aryl methyl sites for hydroxylation is 1. The topological polar surface area (TPSA) is 43.6 Å². The first-order valence-electron chi connectivity index (χ1n) is 6.91. The Morgan fingerprint density at radius 2 is 2.14 bits per heavy atom. The lowest BCUT2D eigenvalue weighted by Gasteiger charge is -2.06. The summed E-state index contributed by atoms with van der Waals surface area (Å²) in [5, 5.41) is 0. The number of hydrogen-bond donors (Lipinski definition) is 0. The van der Waals surface area contributed by atoms with Gasteiger partial charge in [-0.1, -0.05) is 6.07 Å². The zero-order chi connectivity index (χ0) is 14.8. The summed E-state index contributed by atoms with van der Waals surface area (Å²) in [5.74, 6) is -0.320. The van der Waals surface area contributed by atoms with Gasteiger partial charge in [0.15, 0.2) is 0 Å². The van der Waals surface area contributed by atoms with Crippen LogP contribution in [-0.2, 0) is 4.74 Å². The van der Waals surface area contributed by atoms with Crippen LogP contribution in [0, 0.1) is 6.92 Å². The fraction of sp³-hybridized carbons (Fsp3) is 0.176. The van der Waals surface area contributed by atoms with E-state index in [0.717, 1.165) is 22.5 Å². The molecule has 3 aromatic rings. The number of fused-ring (bicyclic) bond motifs is 1. The van der Waals surface area contributed by atoms with E-state index in [4.69, 9.17) is 4.74 Å².